The molecule has 1 aliphatic carbocycles. The van der Waals surface area contributed by atoms with E-state index in [9.17, 15) is 4.79 Å². The number of pyridine rings is 1. The van der Waals surface area contributed by atoms with E-state index in [4.69, 9.17) is 4.98 Å². The van der Waals surface area contributed by atoms with Crippen molar-refractivity contribution in [2.75, 3.05) is 5.75 Å². The second kappa shape index (κ2) is 11.6. The third-order valence-corrected chi connectivity index (χ3v) is 9.44. The van der Waals surface area contributed by atoms with Crippen LogP contribution < -0.4 is 5.32 Å². The van der Waals surface area contributed by atoms with Crippen molar-refractivity contribution in [1.82, 2.24) is 15.3 Å². The van der Waals surface area contributed by atoms with Crippen molar-refractivity contribution in [1.29, 1.82) is 0 Å². The van der Waals surface area contributed by atoms with Gasteiger partial charge >= 0.3 is 0 Å². The summed E-state index contributed by atoms with van der Waals surface area (Å²) in [6.07, 6.45) is 4.46. The molecule has 2 heterocycles. The van der Waals surface area contributed by atoms with Gasteiger partial charge in [0, 0.05) is 22.9 Å². The van der Waals surface area contributed by atoms with Gasteiger partial charge in [0.05, 0.1) is 17.9 Å². The van der Waals surface area contributed by atoms with Crippen molar-refractivity contribution in [3.8, 4) is 22.4 Å². The van der Waals surface area contributed by atoms with Crippen LogP contribution in [0, 0.1) is 0 Å². The molecule has 0 saturated carbocycles. The van der Waals surface area contributed by atoms with Gasteiger partial charge in [-0.1, -0.05) is 103 Å². The molecule has 5 aromatic rings. The van der Waals surface area contributed by atoms with Gasteiger partial charge in [-0.3, -0.25) is 9.78 Å². The Morgan fingerprint density at radius 3 is 2.23 bits per heavy atom. The molecule has 0 spiro atoms. The molecule has 3 aromatic carbocycles. The van der Waals surface area contributed by atoms with E-state index in [-0.39, 0.29) is 5.91 Å². The Balaban J connectivity index is 1.18. The quantitative estimate of drug-likeness (QED) is 0.143. The van der Waals surface area contributed by atoms with Gasteiger partial charge in [-0.25, -0.2) is 4.98 Å². The van der Waals surface area contributed by atoms with Crippen LogP contribution in [0.1, 0.15) is 36.1 Å². The zero-order valence-electron chi connectivity index (χ0n) is 21.5. The van der Waals surface area contributed by atoms with Crippen LogP contribution >= 0.6 is 23.1 Å². The number of carbonyl (C=O) groups is 1. The van der Waals surface area contributed by atoms with Crippen molar-refractivity contribution in [2.45, 2.75) is 35.6 Å². The van der Waals surface area contributed by atoms with Crippen LogP contribution in [0.4, 0.5) is 0 Å². The van der Waals surface area contributed by atoms with Crippen LogP contribution in [0.5, 0.6) is 0 Å². The van der Waals surface area contributed by atoms with E-state index in [0.717, 1.165) is 68.6 Å². The highest BCUT2D eigenvalue weighted by molar-refractivity contribution is 8.01. The Labute approximate surface area is 237 Å². The molecule has 0 radical (unpaired) electrons. The van der Waals surface area contributed by atoms with Crippen LogP contribution in [0.25, 0.3) is 22.4 Å². The molecule has 0 atom stereocenters. The summed E-state index contributed by atoms with van der Waals surface area (Å²) in [6.45, 7) is 0.412. The predicted molar refractivity (Wildman–Crippen MR) is 161 cm³/mol. The van der Waals surface area contributed by atoms with Crippen molar-refractivity contribution in [3.63, 3.8) is 0 Å². The highest BCUT2D eigenvalue weighted by Gasteiger charge is 2.48. The lowest BCUT2D eigenvalue weighted by Gasteiger charge is -2.31. The number of hydrogen-bond acceptors (Lipinski definition) is 5. The lowest BCUT2D eigenvalue weighted by Crippen LogP contribution is -2.44. The second-order valence-corrected chi connectivity index (χ2v) is 11.9. The number of nitrogens with one attached hydrogen (secondary N) is 1. The molecule has 0 unspecified atom stereocenters. The molecule has 0 fully saturated rings. The third-order valence-electron chi connectivity index (χ3n) is 7.33. The van der Waals surface area contributed by atoms with Crippen molar-refractivity contribution in [2.24, 2.45) is 0 Å². The highest BCUT2D eigenvalue weighted by atomic mass is 32.2. The zero-order valence-corrected chi connectivity index (χ0v) is 23.2. The molecule has 1 aliphatic rings. The van der Waals surface area contributed by atoms with E-state index in [0.29, 0.717) is 6.54 Å². The van der Waals surface area contributed by atoms with Crippen LogP contribution in [0.2, 0.25) is 0 Å². The van der Waals surface area contributed by atoms with Gasteiger partial charge in [-0.2, -0.15) is 0 Å². The Hall–Kier alpha value is -3.74. The number of rotatable bonds is 10. The van der Waals surface area contributed by atoms with E-state index in [2.05, 4.69) is 64.2 Å². The summed E-state index contributed by atoms with van der Waals surface area (Å²) in [7, 11) is 0. The number of thioether (sulfide) groups is 1. The zero-order chi connectivity index (χ0) is 26.5. The second-order valence-electron chi connectivity index (χ2n) is 9.67. The van der Waals surface area contributed by atoms with E-state index < -0.39 is 5.41 Å². The maximum Gasteiger partial charge on any atom is 0.235 e. The van der Waals surface area contributed by atoms with E-state index in [1.165, 1.54) is 0 Å². The van der Waals surface area contributed by atoms with Gasteiger partial charge in [-0.15, -0.1) is 11.3 Å². The van der Waals surface area contributed by atoms with Gasteiger partial charge < -0.3 is 5.32 Å². The van der Waals surface area contributed by atoms with Gasteiger partial charge in [0.2, 0.25) is 5.91 Å². The fourth-order valence-electron chi connectivity index (χ4n) is 5.49. The van der Waals surface area contributed by atoms with Crippen LogP contribution in [0.3, 0.4) is 0 Å². The van der Waals surface area contributed by atoms with Gasteiger partial charge in [-0.05, 0) is 47.2 Å². The minimum absolute atomic E-state index is 0.0469. The van der Waals surface area contributed by atoms with Crippen LogP contribution in [-0.4, -0.2) is 21.6 Å². The Bertz CT molecular complexity index is 1520. The van der Waals surface area contributed by atoms with Crippen molar-refractivity contribution >= 4 is 29.0 Å². The summed E-state index contributed by atoms with van der Waals surface area (Å²) in [4.78, 5) is 23.4. The molecule has 4 nitrogen and oxygen atoms in total. The summed E-state index contributed by atoms with van der Waals surface area (Å²) in [5.74, 6) is 1.02. The first kappa shape index (κ1) is 25.5. The Morgan fingerprint density at radius 1 is 0.821 bits per heavy atom. The monoisotopic (exact) mass is 547 g/mol. The summed E-state index contributed by atoms with van der Waals surface area (Å²) < 4.78 is 1.09. The Kier molecular flexibility index (Phi) is 7.57. The number of aromatic nitrogens is 2. The molecule has 39 heavy (non-hydrogen) atoms. The van der Waals surface area contributed by atoms with E-state index in [1.807, 2.05) is 48.5 Å². The smallest absolute Gasteiger partial charge is 0.235 e. The summed E-state index contributed by atoms with van der Waals surface area (Å²) in [6, 6.07) is 32.9. The number of nitrogens with zero attached hydrogens (tertiary/aromatic N) is 2. The molecular formula is C33H29N3OS2. The number of benzene rings is 3. The first-order valence-electron chi connectivity index (χ1n) is 13.3. The standard InChI is InChI=1S/C33H29N3OS2/c37-31(35-22-25-14-8-10-20-34-25)33(28-17-6-4-15-26(28)27-16-5-7-18-29(27)33)19-9-11-21-38-32-36-30(23-39-32)24-12-2-1-3-13-24/h1-8,10,12-18,20,23H,9,11,19,21-22H2,(H,35,37). The molecule has 6 rings (SSSR count). The van der Waals surface area contributed by atoms with Gasteiger partial charge in [0.25, 0.3) is 0 Å². The molecule has 0 aliphatic heterocycles. The predicted octanol–water partition coefficient (Wildman–Crippen LogP) is 7.75. The average molecular weight is 548 g/mol. The van der Waals surface area contributed by atoms with E-state index in [1.54, 1.807) is 29.3 Å². The number of hydrogen-bond donors (Lipinski definition) is 1. The van der Waals surface area contributed by atoms with Crippen LogP contribution in [-0.2, 0) is 16.8 Å². The topological polar surface area (TPSA) is 54.9 Å². The number of fused-ring (bicyclic) bond motifs is 3. The summed E-state index contributed by atoms with van der Waals surface area (Å²) >= 11 is 3.50. The molecule has 194 valence electrons. The fourth-order valence-corrected chi connectivity index (χ4v) is 7.40. The number of unbranched alkanes of at least 4 members (excludes halogenated alkanes) is 1. The fraction of sp³-hybridized carbons (Fsp3) is 0.182. The highest BCUT2D eigenvalue weighted by Crippen LogP contribution is 2.51. The molecule has 6 heteroatoms. The largest absolute Gasteiger partial charge is 0.349 e. The first-order valence-corrected chi connectivity index (χ1v) is 15.1. The van der Waals surface area contributed by atoms with E-state index >= 15 is 0 Å². The van der Waals surface area contributed by atoms with Gasteiger partial charge in [0.1, 0.15) is 5.41 Å². The molecule has 1 N–H and O–H groups in total. The minimum atomic E-state index is -0.714. The third kappa shape index (κ3) is 5.14. The lowest BCUT2D eigenvalue weighted by molar-refractivity contribution is -0.125. The number of thiazole rings is 1. The van der Waals surface area contributed by atoms with Crippen molar-refractivity contribution in [3.05, 3.63) is 125 Å². The summed E-state index contributed by atoms with van der Waals surface area (Å²) in [5, 5.41) is 5.36. The first-order chi connectivity index (χ1) is 19.3. The molecule has 0 saturated heterocycles. The normalized spacial score (nSPS) is 13.0. The maximum atomic E-state index is 14.1. The molecule has 1 amide bonds. The molecule has 0 bridgehead atoms. The molecular weight excluding hydrogens is 519 g/mol. The lowest BCUT2D eigenvalue weighted by atomic mass is 9.73. The van der Waals surface area contributed by atoms with Gasteiger partial charge in [0.15, 0.2) is 4.34 Å². The maximum absolute atomic E-state index is 14.1. The number of carbonyl (C=O) groups excluding carboxylic acids is 1. The molecule has 2 aromatic heterocycles. The minimum Gasteiger partial charge on any atom is -0.349 e. The van der Waals surface area contributed by atoms with Crippen molar-refractivity contribution < 1.29 is 4.79 Å². The summed E-state index contributed by atoms with van der Waals surface area (Å²) in [5.41, 5.74) is 6.85. The average Bonchev–Trinajstić information content (AvgIpc) is 3.59. The SMILES string of the molecule is O=C(NCc1ccccn1)C1(CCCCSc2nc(-c3ccccc3)cs2)c2ccccc2-c2ccccc21. The Morgan fingerprint density at radius 2 is 1.51 bits per heavy atom. The number of amides is 1. The van der Waals surface area contributed by atoms with Crippen LogP contribution in [0.15, 0.2) is 113 Å².